The number of carbonyl (C=O) groups excluding carboxylic acids is 3. The molecule has 1 aromatic heterocycles. The molecule has 3 amide bonds. The van der Waals surface area contributed by atoms with Crippen molar-refractivity contribution in [2.45, 2.75) is 19.4 Å². The summed E-state index contributed by atoms with van der Waals surface area (Å²) in [5.74, 6) is -1.34. The highest BCUT2D eigenvalue weighted by atomic mass is 16.5. The van der Waals surface area contributed by atoms with Crippen LogP contribution in [0.5, 0.6) is 0 Å². The summed E-state index contributed by atoms with van der Waals surface area (Å²) in [6, 6.07) is 13.5. The van der Waals surface area contributed by atoms with E-state index in [-0.39, 0.29) is 6.42 Å². The highest BCUT2D eigenvalue weighted by molar-refractivity contribution is 5.98. The first-order chi connectivity index (χ1) is 13.5. The van der Waals surface area contributed by atoms with Crippen LogP contribution < -0.4 is 10.6 Å². The van der Waals surface area contributed by atoms with Gasteiger partial charge in [0.25, 0.3) is 5.91 Å². The Hall–Kier alpha value is -3.61. The van der Waals surface area contributed by atoms with Gasteiger partial charge in [-0.15, -0.1) is 0 Å². The summed E-state index contributed by atoms with van der Waals surface area (Å²) in [6.07, 6.45) is 0.201. The van der Waals surface area contributed by atoms with Crippen molar-refractivity contribution in [2.75, 3.05) is 7.05 Å². The lowest BCUT2D eigenvalue weighted by molar-refractivity contribution is -0.155. The van der Waals surface area contributed by atoms with Crippen LogP contribution in [0.3, 0.4) is 0 Å². The Morgan fingerprint density at radius 2 is 1.86 bits per heavy atom. The van der Waals surface area contributed by atoms with Gasteiger partial charge in [0.05, 0.1) is 12.7 Å². The summed E-state index contributed by atoms with van der Waals surface area (Å²) in [4.78, 5) is 36.4. The van der Waals surface area contributed by atoms with Crippen molar-refractivity contribution < 1.29 is 23.5 Å². The first-order valence-electron chi connectivity index (χ1n) is 8.71. The van der Waals surface area contributed by atoms with Gasteiger partial charge in [0, 0.05) is 23.6 Å². The Morgan fingerprint density at radius 1 is 1.11 bits per heavy atom. The fraction of sp³-hybridized carbons (Fsp3) is 0.190. The summed E-state index contributed by atoms with van der Waals surface area (Å²) >= 11 is 0. The quantitative estimate of drug-likeness (QED) is 0.663. The zero-order chi connectivity index (χ0) is 20.1. The lowest BCUT2D eigenvalue weighted by Crippen LogP contribution is -2.41. The number of rotatable bonds is 5. The molecule has 1 heterocycles. The molecule has 0 fully saturated rings. The number of hydrogen-bond donors (Lipinski definition) is 2. The number of ether oxygens (including phenoxy) is 1. The van der Waals surface area contributed by atoms with Crippen LogP contribution in [0.4, 0.5) is 4.79 Å². The SMILES string of the molecule is CNC(=O)NC(=O)[C@@H](OC(=O)Cc1coc2cc(C)ccc12)c1ccccc1. The van der Waals surface area contributed by atoms with Crippen molar-refractivity contribution in [3.8, 4) is 0 Å². The minimum Gasteiger partial charge on any atom is -0.464 e. The molecular weight excluding hydrogens is 360 g/mol. The molecule has 0 saturated carbocycles. The third kappa shape index (κ3) is 4.37. The van der Waals surface area contributed by atoms with Gasteiger partial charge >= 0.3 is 12.0 Å². The van der Waals surface area contributed by atoms with Gasteiger partial charge < -0.3 is 14.5 Å². The number of nitrogens with one attached hydrogen (secondary N) is 2. The van der Waals surface area contributed by atoms with Crippen molar-refractivity contribution >= 4 is 28.9 Å². The maximum Gasteiger partial charge on any atom is 0.321 e. The molecule has 0 radical (unpaired) electrons. The van der Waals surface area contributed by atoms with Gasteiger partial charge in [-0.3, -0.25) is 14.9 Å². The molecule has 3 rings (SSSR count). The van der Waals surface area contributed by atoms with E-state index in [1.807, 2.05) is 25.1 Å². The Balaban J connectivity index is 1.78. The van der Waals surface area contributed by atoms with Gasteiger partial charge in [-0.1, -0.05) is 42.5 Å². The minimum absolute atomic E-state index is 0.0628. The van der Waals surface area contributed by atoms with E-state index < -0.39 is 24.0 Å². The van der Waals surface area contributed by atoms with Crippen LogP contribution in [-0.4, -0.2) is 25.0 Å². The highest BCUT2D eigenvalue weighted by Gasteiger charge is 2.26. The molecule has 144 valence electrons. The van der Waals surface area contributed by atoms with E-state index in [0.717, 1.165) is 10.9 Å². The maximum atomic E-state index is 12.5. The highest BCUT2D eigenvalue weighted by Crippen LogP contribution is 2.24. The number of hydrogen-bond acceptors (Lipinski definition) is 5. The Kier molecular flexibility index (Phi) is 5.74. The summed E-state index contributed by atoms with van der Waals surface area (Å²) in [7, 11) is 1.39. The zero-order valence-corrected chi connectivity index (χ0v) is 15.5. The number of esters is 1. The summed E-state index contributed by atoms with van der Waals surface area (Å²) < 4.78 is 10.9. The van der Waals surface area contributed by atoms with E-state index in [9.17, 15) is 14.4 Å². The van der Waals surface area contributed by atoms with Crippen LogP contribution in [0, 0.1) is 6.92 Å². The molecular formula is C21H20N2O5. The summed E-state index contributed by atoms with van der Waals surface area (Å²) in [5.41, 5.74) is 2.86. The van der Waals surface area contributed by atoms with E-state index >= 15 is 0 Å². The van der Waals surface area contributed by atoms with Gasteiger partial charge in [0.2, 0.25) is 6.10 Å². The van der Waals surface area contributed by atoms with E-state index in [2.05, 4.69) is 10.6 Å². The average Bonchev–Trinajstić information content (AvgIpc) is 3.08. The van der Waals surface area contributed by atoms with Crippen molar-refractivity contribution in [3.05, 3.63) is 71.5 Å². The number of furan rings is 1. The van der Waals surface area contributed by atoms with Gasteiger partial charge in [0.15, 0.2) is 0 Å². The van der Waals surface area contributed by atoms with Crippen LogP contribution in [0.25, 0.3) is 11.0 Å². The smallest absolute Gasteiger partial charge is 0.321 e. The molecule has 0 bridgehead atoms. The molecule has 3 aromatic rings. The average molecular weight is 380 g/mol. The molecule has 7 heteroatoms. The van der Waals surface area contributed by atoms with E-state index in [4.69, 9.17) is 9.15 Å². The molecule has 0 saturated heterocycles. The summed E-state index contributed by atoms with van der Waals surface area (Å²) in [6.45, 7) is 1.95. The normalized spacial score (nSPS) is 11.6. The van der Waals surface area contributed by atoms with Crippen molar-refractivity contribution in [1.82, 2.24) is 10.6 Å². The molecule has 7 nitrogen and oxygen atoms in total. The Bertz CT molecular complexity index is 1010. The van der Waals surface area contributed by atoms with Crippen LogP contribution in [-0.2, 0) is 20.7 Å². The number of carbonyl (C=O) groups is 3. The third-order valence-electron chi connectivity index (χ3n) is 4.20. The van der Waals surface area contributed by atoms with Gasteiger partial charge in [-0.05, 0) is 18.6 Å². The molecule has 2 N–H and O–H groups in total. The van der Waals surface area contributed by atoms with E-state index in [1.165, 1.54) is 13.3 Å². The van der Waals surface area contributed by atoms with Crippen LogP contribution in [0.15, 0.2) is 59.2 Å². The van der Waals surface area contributed by atoms with Crippen LogP contribution >= 0.6 is 0 Å². The lowest BCUT2D eigenvalue weighted by Gasteiger charge is -2.17. The first kappa shape index (κ1) is 19.2. The predicted molar refractivity (Wildman–Crippen MR) is 103 cm³/mol. The van der Waals surface area contributed by atoms with E-state index in [0.29, 0.717) is 16.7 Å². The van der Waals surface area contributed by atoms with Crippen LogP contribution in [0.2, 0.25) is 0 Å². The largest absolute Gasteiger partial charge is 0.464 e. The second kappa shape index (κ2) is 8.39. The Morgan fingerprint density at radius 3 is 2.57 bits per heavy atom. The number of imide groups is 1. The van der Waals surface area contributed by atoms with Crippen LogP contribution in [0.1, 0.15) is 22.8 Å². The molecule has 0 unspecified atom stereocenters. The fourth-order valence-electron chi connectivity index (χ4n) is 2.80. The standard InChI is InChI=1S/C21H20N2O5/c1-13-8-9-16-15(12-27-17(16)10-13)11-18(24)28-19(14-6-4-3-5-7-14)20(25)23-21(26)22-2/h3-10,12,19H,11H2,1-2H3,(H2,22,23,25,26)/t19-/m0/s1. The number of urea groups is 1. The second-order valence-corrected chi connectivity index (χ2v) is 6.29. The number of fused-ring (bicyclic) bond motifs is 1. The lowest BCUT2D eigenvalue weighted by atomic mass is 10.1. The molecule has 2 aromatic carbocycles. The van der Waals surface area contributed by atoms with Gasteiger partial charge in [-0.2, -0.15) is 0 Å². The maximum absolute atomic E-state index is 12.5. The van der Waals surface area contributed by atoms with Crippen molar-refractivity contribution in [1.29, 1.82) is 0 Å². The molecule has 0 aliphatic heterocycles. The molecule has 1 atom stereocenters. The molecule has 0 spiro atoms. The summed E-state index contributed by atoms with van der Waals surface area (Å²) in [5, 5.41) is 5.25. The molecule has 0 aliphatic carbocycles. The Labute approximate surface area is 161 Å². The predicted octanol–water partition coefficient (Wildman–Crippen LogP) is 3.02. The first-order valence-corrected chi connectivity index (χ1v) is 8.71. The second-order valence-electron chi connectivity index (χ2n) is 6.29. The fourth-order valence-corrected chi connectivity index (χ4v) is 2.80. The topological polar surface area (TPSA) is 97.6 Å². The third-order valence-corrected chi connectivity index (χ3v) is 4.20. The number of aryl methyl sites for hydroxylation is 1. The zero-order valence-electron chi connectivity index (χ0n) is 15.5. The monoisotopic (exact) mass is 380 g/mol. The number of amides is 3. The molecule has 0 aliphatic rings. The van der Waals surface area contributed by atoms with Gasteiger partial charge in [0.1, 0.15) is 5.58 Å². The van der Waals surface area contributed by atoms with E-state index in [1.54, 1.807) is 30.3 Å². The van der Waals surface area contributed by atoms with Crippen molar-refractivity contribution in [2.24, 2.45) is 0 Å². The van der Waals surface area contributed by atoms with Crippen molar-refractivity contribution in [3.63, 3.8) is 0 Å². The minimum atomic E-state index is -1.24. The molecule has 28 heavy (non-hydrogen) atoms. The number of benzene rings is 2. The van der Waals surface area contributed by atoms with Gasteiger partial charge in [-0.25, -0.2) is 4.79 Å².